The number of fused-ring (bicyclic) bond motifs is 1. The SMILES string of the molecule is CCC(CO)N(Cc1ccsc1)C(=O)c1ccc2c(c1)OCO2. The smallest absolute Gasteiger partial charge is 0.254 e. The van der Waals surface area contributed by atoms with Crippen molar-refractivity contribution in [3.63, 3.8) is 0 Å². The summed E-state index contributed by atoms with van der Waals surface area (Å²) in [6.07, 6.45) is 0.691. The van der Waals surface area contributed by atoms with Gasteiger partial charge in [0.2, 0.25) is 6.79 Å². The van der Waals surface area contributed by atoms with Crippen LogP contribution in [0.25, 0.3) is 0 Å². The van der Waals surface area contributed by atoms with Crippen molar-refractivity contribution in [1.82, 2.24) is 4.90 Å². The first kappa shape index (κ1) is 15.8. The Kier molecular flexibility index (Phi) is 4.83. The summed E-state index contributed by atoms with van der Waals surface area (Å²) in [5.41, 5.74) is 1.60. The van der Waals surface area contributed by atoms with E-state index in [9.17, 15) is 9.90 Å². The molecule has 1 aromatic carbocycles. The van der Waals surface area contributed by atoms with E-state index in [1.165, 1.54) is 0 Å². The molecule has 0 bridgehead atoms. The lowest BCUT2D eigenvalue weighted by Gasteiger charge is -2.30. The van der Waals surface area contributed by atoms with E-state index in [1.54, 1.807) is 34.4 Å². The minimum absolute atomic E-state index is 0.0586. The number of aliphatic hydroxyl groups is 1. The maximum atomic E-state index is 13.0. The van der Waals surface area contributed by atoms with Gasteiger partial charge in [-0.1, -0.05) is 6.92 Å². The zero-order valence-electron chi connectivity index (χ0n) is 12.9. The molecule has 1 atom stereocenters. The molecule has 1 N–H and O–H groups in total. The summed E-state index contributed by atoms with van der Waals surface area (Å²) >= 11 is 1.60. The molecule has 0 saturated heterocycles. The lowest BCUT2D eigenvalue weighted by molar-refractivity contribution is 0.0564. The second-order valence-electron chi connectivity index (χ2n) is 5.38. The lowest BCUT2D eigenvalue weighted by atomic mass is 10.1. The molecule has 5 nitrogen and oxygen atoms in total. The van der Waals surface area contributed by atoms with E-state index in [0.29, 0.717) is 30.0 Å². The van der Waals surface area contributed by atoms with Crippen molar-refractivity contribution < 1.29 is 19.4 Å². The molecule has 23 heavy (non-hydrogen) atoms. The summed E-state index contributed by atoms with van der Waals surface area (Å²) < 4.78 is 10.6. The van der Waals surface area contributed by atoms with Crippen molar-refractivity contribution in [2.75, 3.05) is 13.4 Å². The lowest BCUT2D eigenvalue weighted by Crippen LogP contribution is -2.41. The van der Waals surface area contributed by atoms with Gasteiger partial charge in [-0.25, -0.2) is 0 Å². The number of carbonyl (C=O) groups is 1. The van der Waals surface area contributed by atoms with Gasteiger partial charge in [-0.3, -0.25) is 4.79 Å². The third-order valence-electron chi connectivity index (χ3n) is 3.94. The minimum Gasteiger partial charge on any atom is -0.454 e. The molecule has 0 spiro atoms. The highest BCUT2D eigenvalue weighted by Gasteiger charge is 2.25. The molecule has 0 aliphatic carbocycles. The average Bonchev–Trinajstić information content (AvgIpc) is 3.24. The Morgan fingerprint density at radius 1 is 1.35 bits per heavy atom. The summed E-state index contributed by atoms with van der Waals surface area (Å²) in [5.74, 6) is 1.12. The Morgan fingerprint density at radius 3 is 2.87 bits per heavy atom. The number of rotatable bonds is 6. The van der Waals surface area contributed by atoms with Gasteiger partial charge in [0.05, 0.1) is 12.6 Å². The van der Waals surface area contributed by atoms with E-state index in [-0.39, 0.29) is 25.3 Å². The van der Waals surface area contributed by atoms with Gasteiger partial charge in [0, 0.05) is 12.1 Å². The maximum absolute atomic E-state index is 13.0. The number of amides is 1. The molecular weight excluding hydrogens is 314 g/mol. The Hall–Kier alpha value is -2.05. The fourth-order valence-corrected chi connectivity index (χ4v) is 3.25. The van der Waals surface area contributed by atoms with Crippen molar-refractivity contribution in [2.24, 2.45) is 0 Å². The second kappa shape index (κ2) is 7.02. The Morgan fingerprint density at radius 2 is 2.17 bits per heavy atom. The summed E-state index contributed by atoms with van der Waals surface area (Å²) in [6.45, 7) is 2.57. The molecule has 1 aliphatic rings. The van der Waals surface area contributed by atoms with Gasteiger partial charge in [0.1, 0.15) is 0 Å². The zero-order valence-corrected chi connectivity index (χ0v) is 13.7. The molecule has 3 rings (SSSR count). The van der Waals surface area contributed by atoms with Crippen LogP contribution in [0.4, 0.5) is 0 Å². The minimum atomic E-state index is -0.215. The molecule has 122 valence electrons. The first-order valence-electron chi connectivity index (χ1n) is 7.55. The van der Waals surface area contributed by atoms with E-state index in [1.807, 2.05) is 23.8 Å². The summed E-state index contributed by atoms with van der Waals surface area (Å²) in [6, 6.07) is 6.97. The summed E-state index contributed by atoms with van der Waals surface area (Å²) in [4.78, 5) is 14.7. The molecule has 0 saturated carbocycles. The first-order chi connectivity index (χ1) is 11.2. The highest BCUT2D eigenvalue weighted by Crippen LogP contribution is 2.33. The Bertz CT molecular complexity index is 667. The number of carbonyl (C=O) groups excluding carboxylic acids is 1. The van der Waals surface area contributed by atoms with E-state index in [4.69, 9.17) is 9.47 Å². The van der Waals surface area contributed by atoms with Crippen molar-refractivity contribution in [3.8, 4) is 11.5 Å². The van der Waals surface area contributed by atoms with Gasteiger partial charge in [-0.05, 0) is 47.0 Å². The normalized spacial score (nSPS) is 13.8. The van der Waals surface area contributed by atoms with Crippen LogP contribution in [0.2, 0.25) is 0 Å². The second-order valence-corrected chi connectivity index (χ2v) is 6.16. The van der Waals surface area contributed by atoms with Gasteiger partial charge in [-0.2, -0.15) is 11.3 Å². The van der Waals surface area contributed by atoms with Gasteiger partial charge in [0.15, 0.2) is 11.5 Å². The molecule has 2 aromatic rings. The van der Waals surface area contributed by atoms with Crippen LogP contribution in [-0.2, 0) is 6.54 Å². The van der Waals surface area contributed by atoms with Crippen LogP contribution < -0.4 is 9.47 Å². The quantitative estimate of drug-likeness (QED) is 0.883. The van der Waals surface area contributed by atoms with E-state index >= 15 is 0 Å². The van der Waals surface area contributed by atoms with E-state index in [2.05, 4.69) is 0 Å². The standard InChI is InChI=1S/C17H19NO4S/c1-2-14(9-19)18(8-12-5-6-23-10-12)17(20)13-3-4-15-16(7-13)22-11-21-15/h3-7,10,14,19H,2,8-9,11H2,1H3. The number of hydrogen-bond acceptors (Lipinski definition) is 5. The van der Waals surface area contributed by atoms with Crippen LogP contribution in [0.3, 0.4) is 0 Å². The molecule has 1 aliphatic heterocycles. The molecule has 0 radical (unpaired) electrons. The third kappa shape index (κ3) is 3.33. The van der Waals surface area contributed by atoms with Crippen molar-refractivity contribution in [3.05, 3.63) is 46.2 Å². The molecule has 2 heterocycles. The van der Waals surface area contributed by atoms with Crippen molar-refractivity contribution >= 4 is 17.2 Å². The van der Waals surface area contributed by atoms with Crippen LogP contribution in [0.15, 0.2) is 35.0 Å². The summed E-state index contributed by atoms with van der Waals surface area (Å²) in [5, 5.41) is 13.6. The topological polar surface area (TPSA) is 59.0 Å². The number of aliphatic hydroxyl groups excluding tert-OH is 1. The largest absolute Gasteiger partial charge is 0.454 e. The van der Waals surface area contributed by atoms with Crippen LogP contribution >= 0.6 is 11.3 Å². The molecule has 6 heteroatoms. The van der Waals surface area contributed by atoms with Gasteiger partial charge in [-0.15, -0.1) is 0 Å². The monoisotopic (exact) mass is 333 g/mol. The third-order valence-corrected chi connectivity index (χ3v) is 4.67. The van der Waals surface area contributed by atoms with Crippen LogP contribution in [-0.4, -0.2) is 35.4 Å². The fourth-order valence-electron chi connectivity index (χ4n) is 2.59. The first-order valence-corrected chi connectivity index (χ1v) is 8.49. The summed E-state index contributed by atoms with van der Waals surface area (Å²) in [7, 11) is 0. The number of hydrogen-bond donors (Lipinski definition) is 1. The number of ether oxygens (including phenoxy) is 2. The van der Waals surface area contributed by atoms with Crippen LogP contribution in [0.1, 0.15) is 29.3 Å². The van der Waals surface area contributed by atoms with E-state index < -0.39 is 0 Å². The van der Waals surface area contributed by atoms with Crippen LogP contribution in [0, 0.1) is 0 Å². The van der Waals surface area contributed by atoms with E-state index in [0.717, 1.165) is 5.56 Å². The zero-order chi connectivity index (χ0) is 16.2. The molecular formula is C17H19NO4S. The number of benzene rings is 1. The predicted molar refractivity (Wildman–Crippen MR) is 87.9 cm³/mol. The molecule has 0 fully saturated rings. The van der Waals surface area contributed by atoms with Gasteiger partial charge < -0.3 is 19.5 Å². The maximum Gasteiger partial charge on any atom is 0.254 e. The van der Waals surface area contributed by atoms with Crippen molar-refractivity contribution in [2.45, 2.75) is 25.9 Å². The molecule has 1 amide bonds. The van der Waals surface area contributed by atoms with Crippen LogP contribution in [0.5, 0.6) is 11.5 Å². The van der Waals surface area contributed by atoms with Gasteiger partial charge in [0.25, 0.3) is 5.91 Å². The number of nitrogens with zero attached hydrogens (tertiary/aromatic N) is 1. The average molecular weight is 333 g/mol. The number of thiophene rings is 1. The van der Waals surface area contributed by atoms with Crippen molar-refractivity contribution in [1.29, 1.82) is 0 Å². The highest BCUT2D eigenvalue weighted by atomic mass is 32.1. The predicted octanol–water partition coefficient (Wildman–Crippen LogP) is 2.89. The highest BCUT2D eigenvalue weighted by molar-refractivity contribution is 7.07. The molecule has 1 aromatic heterocycles. The van der Waals surface area contributed by atoms with Gasteiger partial charge >= 0.3 is 0 Å². The fraction of sp³-hybridized carbons (Fsp3) is 0.353. The Labute approximate surface area is 139 Å². The Balaban J connectivity index is 1.87. The molecule has 1 unspecified atom stereocenters.